The topological polar surface area (TPSA) is 116 Å². The summed E-state index contributed by atoms with van der Waals surface area (Å²) in [6, 6.07) is 22.3. The van der Waals surface area contributed by atoms with Gasteiger partial charge in [0.15, 0.2) is 9.84 Å². The number of carbonyl (C=O) groups is 1. The first-order valence-corrected chi connectivity index (χ1v) is 13.7. The Morgan fingerprint density at radius 1 is 0.943 bits per heavy atom. The molecule has 4 rings (SSSR count). The van der Waals surface area contributed by atoms with Crippen molar-refractivity contribution < 1.29 is 18.3 Å². The molecule has 9 heteroatoms. The van der Waals surface area contributed by atoms with Gasteiger partial charge in [0.2, 0.25) is 5.88 Å². The van der Waals surface area contributed by atoms with Crippen molar-refractivity contribution in [1.29, 1.82) is 0 Å². The van der Waals surface area contributed by atoms with Gasteiger partial charge in [0.1, 0.15) is 0 Å². The molecule has 0 radical (unpaired) electrons. The maximum Gasteiger partial charge on any atom is 0.307 e. The molecule has 0 saturated heterocycles. The number of nitrogens with one attached hydrogen (secondary N) is 2. The summed E-state index contributed by atoms with van der Waals surface area (Å²) in [6.07, 6.45) is 1.65. The van der Waals surface area contributed by atoms with Crippen LogP contribution in [0.3, 0.4) is 0 Å². The highest BCUT2D eigenvalue weighted by atomic mass is 32.2. The van der Waals surface area contributed by atoms with Gasteiger partial charge in [0.05, 0.1) is 10.6 Å². The van der Waals surface area contributed by atoms with E-state index in [4.69, 9.17) is 0 Å². The number of carbonyl (C=O) groups excluding carboxylic acids is 1. The Labute approximate surface area is 207 Å². The lowest BCUT2D eigenvalue weighted by atomic mass is 10.0. The van der Waals surface area contributed by atoms with Gasteiger partial charge in [-0.05, 0) is 46.0 Å². The van der Waals surface area contributed by atoms with Crippen LogP contribution in [0, 0.1) is 0 Å². The predicted octanol–water partition coefficient (Wildman–Crippen LogP) is 3.87. The summed E-state index contributed by atoms with van der Waals surface area (Å²) in [7, 11) is -3.12. The summed E-state index contributed by atoms with van der Waals surface area (Å²) in [6.45, 7) is 0.349. The molecule has 3 aromatic carbocycles. The Balaban J connectivity index is 1.38. The summed E-state index contributed by atoms with van der Waals surface area (Å²) >= 11 is 1.00. The van der Waals surface area contributed by atoms with Crippen molar-refractivity contribution in [3.8, 4) is 17.0 Å². The molecule has 0 atom stereocenters. The first-order chi connectivity index (χ1) is 16.7. The van der Waals surface area contributed by atoms with Crippen molar-refractivity contribution in [3.05, 3.63) is 110 Å². The Kier molecular flexibility index (Phi) is 7.18. The summed E-state index contributed by atoms with van der Waals surface area (Å²) in [5.74, 6) is -0.372. The summed E-state index contributed by atoms with van der Waals surface area (Å²) in [4.78, 5) is 26.6. The molecule has 0 aliphatic carbocycles. The monoisotopic (exact) mass is 508 g/mol. The maximum absolute atomic E-state index is 12.5. The van der Waals surface area contributed by atoms with Crippen LogP contribution in [0.25, 0.3) is 11.1 Å². The minimum atomic E-state index is -3.12. The van der Waals surface area contributed by atoms with Gasteiger partial charge in [-0.3, -0.25) is 14.6 Å². The van der Waals surface area contributed by atoms with Crippen molar-refractivity contribution in [2.75, 3.05) is 6.26 Å². The molecular formula is C26H24N2O5S2. The smallest absolute Gasteiger partial charge is 0.307 e. The van der Waals surface area contributed by atoms with E-state index < -0.39 is 9.84 Å². The van der Waals surface area contributed by atoms with Crippen molar-refractivity contribution in [2.24, 2.45) is 0 Å². The fraction of sp³-hybridized carbons (Fsp3) is 0.154. The van der Waals surface area contributed by atoms with E-state index in [1.807, 2.05) is 48.5 Å². The highest BCUT2D eigenvalue weighted by Crippen LogP contribution is 2.24. The normalized spacial score (nSPS) is 11.3. The first kappa shape index (κ1) is 24.4. The zero-order chi connectivity index (χ0) is 25.0. The van der Waals surface area contributed by atoms with E-state index in [-0.39, 0.29) is 22.4 Å². The second-order valence-corrected chi connectivity index (χ2v) is 11.5. The van der Waals surface area contributed by atoms with E-state index >= 15 is 0 Å². The van der Waals surface area contributed by atoms with Crippen LogP contribution >= 0.6 is 11.3 Å². The van der Waals surface area contributed by atoms with Gasteiger partial charge in [0, 0.05) is 24.8 Å². The number of aromatic nitrogens is 1. The number of H-pyrrole nitrogens is 1. The van der Waals surface area contributed by atoms with E-state index in [0.717, 1.165) is 33.6 Å². The van der Waals surface area contributed by atoms with Crippen LogP contribution < -0.4 is 10.2 Å². The minimum Gasteiger partial charge on any atom is -0.494 e. The second-order valence-electron chi connectivity index (χ2n) is 8.31. The first-order valence-electron chi connectivity index (χ1n) is 10.8. The van der Waals surface area contributed by atoms with Gasteiger partial charge >= 0.3 is 4.87 Å². The standard InChI is InChI=1S/C26H24N2O5S2/c1-35(32,33)16-18-7-11-21(12-8-18)24(29)27-15-19-3-2-4-22(13-19)20-9-5-17(6-10-20)14-23-25(30)28-26(31)34-23/h2-13,30H,14-16H2,1H3,(H,27,29)(H,28,31). The number of aromatic hydroxyl groups is 1. The van der Waals surface area contributed by atoms with Crippen LogP contribution in [-0.4, -0.2) is 30.7 Å². The van der Waals surface area contributed by atoms with Crippen LogP contribution in [0.1, 0.15) is 31.9 Å². The van der Waals surface area contributed by atoms with Gasteiger partial charge in [-0.15, -0.1) is 0 Å². The highest BCUT2D eigenvalue weighted by Gasteiger charge is 2.10. The van der Waals surface area contributed by atoms with E-state index in [9.17, 15) is 23.1 Å². The van der Waals surface area contributed by atoms with Crippen LogP contribution in [0.2, 0.25) is 0 Å². The number of sulfone groups is 1. The average Bonchev–Trinajstić information content (AvgIpc) is 3.14. The molecule has 180 valence electrons. The van der Waals surface area contributed by atoms with Gasteiger partial charge in [-0.1, -0.05) is 65.9 Å². The molecule has 0 unspecified atom stereocenters. The number of hydrogen-bond donors (Lipinski definition) is 3. The molecule has 0 bridgehead atoms. The average molecular weight is 509 g/mol. The third kappa shape index (κ3) is 6.68. The van der Waals surface area contributed by atoms with Crippen LogP contribution in [-0.2, 0) is 28.6 Å². The van der Waals surface area contributed by atoms with Crippen LogP contribution in [0.5, 0.6) is 5.88 Å². The lowest BCUT2D eigenvalue weighted by Gasteiger charge is -2.09. The molecule has 0 fully saturated rings. The summed E-state index contributed by atoms with van der Waals surface area (Å²) in [5.41, 5.74) is 5.04. The minimum absolute atomic E-state index is 0.0567. The molecule has 1 aromatic heterocycles. The third-order valence-electron chi connectivity index (χ3n) is 5.38. The number of benzene rings is 3. The highest BCUT2D eigenvalue weighted by molar-refractivity contribution is 7.89. The quantitative estimate of drug-likeness (QED) is 0.334. The van der Waals surface area contributed by atoms with Crippen LogP contribution in [0.15, 0.2) is 77.6 Å². The molecule has 3 N–H and O–H groups in total. The van der Waals surface area contributed by atoms with Gasteiger partial charge < -0.3 is 10.4 Å². The van der Waals surface area contributed by atoms with E-state index in [0.29, 0.717) is 29.0 Å². The van der Waals surface area contributed by atoms with Gasteiger partial charge in [-0.25, -0.2) is 8.42 Å². The third-order valence-corrected chi connectivity index (χ3v) is 7.11. The largest absolute Gasteiger partial charge is 0.494 e. The Hall–Kier alpha value is -3.69. The zero-order valence-corrected chi connectivity index (χ0v) is 20.6. The number of rotatable bonds is 8. The fourth-order valence-corrected chi connectivity index (χ4v) is 5.23. The lowest BCUT2D eigenvalue weighted by molar-refractivity contribution is 0.0951. The van der Waals surface area contributed by atoms with Crippen LogP contribution in [0.4, 0.5) is 0 Å². The lowest BCUT2D eigenvalue weighted by Crippen LogP contribution is -2.22. The molecular weight excluding hydrogens is 484 g/mol. The van der Waals surface area contributed by atoms with E-state index in [2.05, 4.69) is 10.3 Å². The summed E-state index contributed by atoms with van der Waals surface area (Å²) < 4.78 is 22.8. The molecule has 0 aliphatic rings. The Bertz CT molecular complexity index is 1500. The molecule has 0 spiro atoms. The number of hydrogen-bond acceptors (Lipinski definition) is 6. The van der Waals surface area contributed by atoms with Gasteiger partial charge in [-0.2, -0.15) is 0 Å². The predicted molar refractivity (Wildman–Crippen MR) is 137 cm³/mol. The molecule has 35 heavy (non-hydrogen) atoms. The molecule has 0 saturated carbocycles. The van der Waals surface area contributed by atoms with Gasteiger partial charge in [0.25, 0.3) is 5.91 Å². The Morgan fingerprint density at radius 2 is 1.63 bits per heavy atom. The fourth-order valence-electron chi connectivity index (χ4n) is 3.67. The number of amides is 1. The van der Waals surface area contributed by atoms with Crippen molar-refractivity contribution in [1.82, 2.24) is 10.3 Å². The zero-order valence-electron chi connectivity index (χ0n) is 18.9. The molecule has 0 aliphatic heterocycles. The molecule has 4 aromatic rings. The molecule has 7 nitrogen and oxygen atoms in total. The van der Waals surface area contributed by atoms with E-state index in [1.165, 1.54) is 6.26 Å². The van der Waals surface area contributed by atoms with E-state index in [1.54, 1.807) is 24.3 Å². The number of thiazole rings is 1. The van der Waals surface area contributed by atoms with Crippen molar-refractivity contribution >= 4 is 27.1 Å². The molecule has 1 amide bonds. The SMILES string of the molecule is CS(=O)(=O)Cc1ccc(C(=O)NCc2cccc(-c3ccc(Cc4sc(=O)[nH]c4O)cc3)c2)cc1. The number of aromatic amines is 1. The van der Waals surface area contributed by atoms with Crippen molar-refractivity contribution in [3.63, 3.8) is 0 Å². The second kappa shape index (κ2) is 10.3. The maximum atomic E-state index is 12.5. The summed E-state index contributed by atoms with van der Waals surface area (Å²) in [5, 5.41) is 12.7. The molecule has 1 heterocycles. The Morgan fingerprint density at radius 3 is 2.26 bits per heavy atom. The van der Waals surface area contributed by atoms with Crippen molar-refractivity contribution in [2.45, 2.75) is 18.7 Å².